The number of aromatic amines is 1. The Balaban J connectivity index is 2.67. The summed E-state index contributed by atoms with van der Waals surface area (Å²) in [5.41, 5.74) is 1.04. The lowest BCUT2D eigenvalue weighted by atomic mass is 10.4. The third-order valence-corrected chi connectivity index (χ3v) is 0.982. The van der Waals surface area contributed by atoms with Crippen LogP contribution in [-0.2, 0) is 0 Å². The molecule has 0 atom stereocenters. The maximum Gasteiger partial charge on any atom is 0.0395 e. The molecule has 0 spiro atoms. The topological polar surface area (TPSA) is 28.1 Å². The van der Waals surface area contributed by atoms with E-state index in [2.05, 4.69) is 16.7 Å². The van der Waals surface area contributed by atoms with Gasteiger partial charge >= 0.3 is 0 Å². The fraction of sp³-hybridized carbons (Fsp3) is 0. The van der Waals surface area contributed by atoms with Gasteiger partial charge in [0.2, 0.25) is 0 Å². The molecule has 1 N–H and O–H groups in total. The van der Waals surface area contributed by atoms with Crippen LogP contribution >= 0.6 is 0 Å². The zero-order chi connectivity index (χ0) is 6.53. The SMILES string of the molecule is C=NC=Cc1ccc[nH]1. The van der Waals surface area contributed by atoms with Crippen LogP contribution in [0.15, 0.2) is 29.5 Å². The van der Waals surface area contributed by atoms with Gasteiger partial charge in [0.25, 0.3) is 0 Å². The first kappa shape index (κ1) is 5.82. The van der Waals surface area contributed by atoms with Crippen molar-refractivity contribution in [2.24, 2.45) is 4.99 Å². The van der Waals surface area contributed by atoms with Crippen molar-refractivity contribution in [3.8, 4) is 0 Å². The average molecular weight is 120 g/mol. The van der Waals surface area contributed by atoms with Gasteiger partial charge in [-0.1, -0.05) is 0 Å². The highest BCUT2D eigenvalue weighted by atomic mass is 14.7. The number of nitrogens with zero attached hydrogens (tertiary/aromatic N) is 1. The minimum absolute atomic E-state index is 1.04. The van der Waals surface area contributed by atoms with E-state index in [0.29, 0.717) is 0 Å². The monoisotopic (exact) mass is 120 g/mol. The van der Waals surface area contributed by atoms with Gasteiger partial charge < -0.3 is 4.98 Å². The molecule has 1 aromatic heterocycles. The van der Waals surface area contributed by atoms with Gasteiger partial charge in [-0.2, -0.15) is 0 Å². The third-order valence-electron chi connectivity index (χ3n) is 0.982. The second kappa shape index (κ2) is 2.87. The van der Waals surface area contributed by atoms with Gasteiger partial charge in [0.1, 0.15) is 0 Å². The first-order valence-electron chi connectivity index (χ1n) is 2.69. The fourth-order valence-corrected chi connectivity index (χ4v) is 0.581. The minimum atomic E-state index is 1.04. The number of hydrogen-bond donors (Lipinski definition) is 1. The number of hydrogen-bond acceptors (Lipinski definition) is 1. The molecule has 2 heteroatoms. The van der Waals surface area contributed by atoms with Crippen LogP contribution in [0.1, 0.15) is 5.69 Å². The van der Waals surface area contributed by atoms with Crippen molar-refractivity contribution in [1.29, 1.82) is 0 Å². The van der Waals surface area contributed by atoms with Crippen LogP contribution in [0.3, 0.4) is 0 Å². The van der Waals surface area contributed by atoms with Crippen LogP contribution in [0.25, 0.3) is 6.08 Å². The van der Waals surface area contributed by atoms with E-state index in [1.807, 2.05) is 24.4 Å². The van der Waals surface area contributed by atoms with E-state index in [-0.39, 0.29) is 0 Å². The van der Waals surface area contributed by atoms with E-state index in [9.17, 15) is 0 Å². The van der Waals surface area contributed by atoms with Gasteiger partial charge in [-0.25, -0.2) is 0 Å². The molecule has 0 aliphatic carbocycles. The number of aromatic nitrogens is 1. The summed E-state index contributed by atoms with van der Waals surface area (Å²) in [7, 11) is 0. The number of aliphatic imine (C=N–C) groups is 1. The van der Waals surface area contributed by atoms with Gasteiger partial charge in [-0.05, 0) is 24.9 Å². The highest BCUT2D eigenvalue weighted by Crippen LogP contribution is 1.95. The zero-order valence-electron chi connectivity index (χ0n) is 5.04. The quantitative estimate of drug-likeness (QED) is 0.575. The Kier molecular flexibility index (Phi) is 1.85. The fourth-order valence-electron chi connectivity index (χ4n) is 0.581. The zero-order valence-corrected chi connectivity index (χ0v) is 5.04. The molecule has 0 fully saturated rings. The molecule has 1 heterocycles. The first-order valence-corrected chi connectivity index (χ1v) is 2.69. The Morgan fingerprint density at radius 3 is 3.11 bits per heavy atom. The summed E-state index contributed by atoms with van der Waals surface area (Å²) >= 11 is 0. The van der Waals surface area contributed by atoms with Crippen molar-refractivity contribution in [3.05, 3.63) is 30.2 Å². The van der Waals surface area contributed by atoms with Crippen molar-refractivity contribution in [2.45, 2.75) is 0 Å². The maximum absolute atomic E-state index is 3.56. The lowest BCUT2D eigenvalue weighted by Crippen LogP contribution is -1.64. The van der Waals surface area contributed by atoms with Crippen LogP contribution in [0, 0.1) is 0 Å². The van der Waals surface area contributed by atoms with E-state index in [1.54, 1.807) is 6.20 Å². The molecule has 1 aromatic rings. The highest BCUT2D eigenvalue weighted by Gasteiger charge is 1.79. The summed E-state index contributed by atoms with van der Waals surface area (Å²) in [6.07, 6.45) is 5.36. The van der Waals surface area contributed by atoms with Crippen molar-refractivity contribution < 1.29 is 0 Å². The van der Waals surface area contributed by atoms with E-state index >= 15 is 0 Å². The van der Waals surface area contributed by atoms with Crippen LogP contribution in [0.2, 0.25) is 0 Å². The Morgan fingerprint density at radius 2 is 2.56 bits per heavy atom. The molecule has 0 saturated carbocycles. The van der Waals surface area contributed by atoms with E-state index in [4.69, 9.17) is 0 Å². The lowest BCUT2D eigenvalue weighted by Gasteiger charge is -1.78. The highest BCUT2D eigenvalue weighted by molar-refractivity contribution is 5.45. The van der Waals surface area contributed by atoms with Crippen LogP contribution in [-0.4, -0.2) is 11.7 Å². The number of nitrogens with one attached hydrogen (secondary N) is 1. The molecule has 0 bridgehead atoms. The molecule has 0 amide bonds. The Bertz CT molecular complexity index is 197. The predicted octanol–water partition coefficient (Wildman–Crippen LogP) is 1.69. The summed E-state index contributed by atoms with van der Waals surface area (Å²) in [5, 5.41) is 0. The van der Waals surface area contributed by atoms with Crippen LogP contribution in [0.4, 0.5) is 0 Å². The van der Waals surface area contributed by atoms with Gasteiger partial charge in [-0.15, -0.1) is 0 Å². The number of H-pyrrole nitrogens is 1. The molecule has 9 heavy (non-hydrogen) atoms. The molecule has 0 aromatic carbocycles. The normalized spacial score (nSPS) is 10.2. The third kappa shape index (κ3) is 1.57. The van der Waals surface area contributed by atoms with E-state index < -0.39 is 0 Å². The second-order valence-corrected chi connectivity index (χ2v) is 1.62. The predicted molar refractivity (Wildman–Crippen MR) is 39.4 cm³/mol. The summed E-state index contributed by atoms with van der Waals surface area (Å²) in [5.74, 6) is 0. The van der Waals surface area contributed by atoms with Crippen molar-refractivity contribution >= 4 is 12.8 Å². The smallest absolute Gasteiger partial charge is 0.0395 e. The van der Waals surface area contributed by atoms with Gasteiger partial charge in [0, 0.05) is 18.1 Å². The Labute approximate surface area is 53.9 Å². The van der Waals surface area contributed by atoms with E-state index in [0.717, 1.165) is 5.69 Å². The molecule has 0 saturated heterocycles. The Morgan fingerprint density at radius 1 is 1.67 bits per heavy atom. The standard InChI is InChI=1S/C7H8N2/c1-8-6-4-7-3-2-5-9-7/h2-6,9H,1H2. The molecule has 0 aliphatic rings. The molecule has 0 radical (unpaired) electrons. The van der Waals surface area contributed by atoms with Gasteiger partial charge in [-0.3, -0.25) is 4.99 Å². The second-order valence-electron chi connectivity index (χ2n) is 1.62. The summed E-state index contributed by atoms with van der Waals surface area (Å²) in [6.45, 7) is 3.31. The number of rotatable bonds is 2. The summed E-state index contributed by atoms with van der Waals surface area (Å²) in [6, 6.07) is 3.89. The minimum Gasteiger partial charge on any atom is -0.362 e. The first-order chi connectivity index (χ1) is 4.43. The molecule has 2 nitrogen and oxygen atoms in total. The van der Waals surface area contributed by atoms with Gasteiger partial charge in [0.15, 0.2) is 0 Å². The van der Waals surface area contributed by atoms with E-state index in [1.165, 1.54) is 0 Å². The van der Waals surface area contributed by atoms with Gasteiger partial charge in [0.05, 0.1) is 0 Å². The molecular weight excluding hydrogens is 112 g/mol. The largest absolute Gasteiger partial charge is 0.362 e. The molecule has 0 aliphatic heterocycles. The van der Waals surface area contributed by atoms with Crippen molar-refractivity contribution in [3.63, 3.8) is 0 Å². The lowest BCUT2D eigenvalue weighted by molar-refractivity contribution is 1.37. The summed E-state index contributed by atoms with van der Waals surface area (Å²) in [4.78, 5) is 6.56. The summed E-state index contributed by atoms with van der Waals surface area (Å²) < 4.78 is 0. The van der Waals surface area contributed by atoms with Crippen molar-refractivity contribution in [1.82, 2.24) is 4.98 Å². The Hall–Kier alpha value is -1.31. The molecule has 46 valence electrons. The molecule has 0 unspecified atom stereocenters. The molecular formula is C7H8N2. The average Bonchev–Trinajstić information content (AvgIpc) is 2.34. The van der Waals surface area contributed by atoms with Crippen molar-refractivity contribution in [2.75, 3.05) is 0 Å². The van der Waals surface area contributed by atoms with Crippen LogP contribution < -0.4 is 0 Å². The van der Waals surface area contributed by atoms with Crippen LogP contribution in [0.5, 0.6) is 0 Å². The molecule has 1 rings (SSSR count). The maximum atomic E-state index is 3.56.